The van der Waals surface area contributed by atoms with Gasteiger partial charge in [-0.15, -0.1) is 0 Å². The van der Waals surface area contributed by atoms with E-state index in [1.165, 1.54) is 0 Å². The van der Waals surface area contributed by atoms with Gasteiger partial charge >= 0.3 is 0 Å². The highest BCUT2D eigenvalue weighted by Crippen LogP contribution is 2.13. The molecule has 1 aromatic rings. The van der Waals surface area contributed by atoms with Crippen LogP contribution in [-0.2, 0) is 4.74 Å². The monoisotopic (exact) mass is 240 g/mol. The molecule has 1 aromatic heterocycles. The normalized spacial score (nSPS) is 10.2. The van der Waals surface area contributed by atoms with Gasteiger partial charge < -0.3 is 20.5 Å². The lowest BCUT2D eigenvalue weighted by Gasteiger charge is -2.07. The van der Waals surface area contributed by atoms with Gasteiger partial charge in [0.05, 0.1) is 7.11 Å². The zero-order valence-corrected chi connectivity index (χ0v) is 10.4. The fourth-order valence-electron chi connectivity index (χ4n) is 1.40. The number of methoxy groups -OCH3 is 2. The summed E-state index contributed by atoms with van der Waals surface area (Å²) in [6.07, 6.45) is 3.27. The predicted molar refractivity (Wildman–Crippen MR) is 67.2 cm³/mol. The van der Waals surface area contributed by atoms with Crippen LogP contribution in [-0.4, -0.2) is 37.3 Å². The molecular weight excluding hydrogens is 220 g/mol. The van der Waals surface area contributed by atoms with Gasteiger partial charge in [-0.2, -0.15) is 9.97 Å². The second-order valence-corrected chi connectivity index (χ2v) is 3.63. The summed E-state index contributed by atoms with van der Waals surface area (Å²) < 4.78 is 9.99. The SMILES string of the molecule is COCCCCCNc1cc(OC)nc(N)n1. The van der Waals surface area contributed by atoms with Crippen molar-refractivity contribution in [1.29, 1.82) is 0 Å². The smallest absolute Gasteiger partial charge is 0.225 e. The Bertz CT molecular complexity index is 333. The summed E-state index contributed by atoms with van der Waals surface area (Å²) in [5.41, 5.74) is 5.55. The van der Waals surface area contributed by atoms with Crippen molar-refractivity contribution in [3.05, 3.63) is 6.07 Å². The van der Waals surface area contributed by atoms with Crippen molar-refractivity contribution in [2.24, 2.45) is 0 Å². The van der Waals surface area contributed by atoms with E-state index in [2.05, 4.69) is 15.3 Å². The van der Waals surface area contributed by atoms with Crippen molar-refractivity contribution < 1.29 is 9.47 Å². The molecule has 3 N–H and O–H groups in total. The topological polar surface area (TPSA) is 82.3 Å². The third-order valence-electron chi connectivity index (χ3n) is 2.26. The Balaban J connectivity index is 2.28. The van der Waals surface area contributed by atoms with Crippen molar-refractivity contribution in [3.63, 3.8) is 0 Å². The average Bonchev–Trinajstić information content (AvgIpc) is 2.33. The Labute approximate surface area is 102 Å². The van der Waals surface area contributed by atoms with Gasteiger partial charge in [0, 0.05) is 26.3 Å². The maximum atomic E-state index is 5.55. The first kappa shape index (κ1) is 13.5. The number of unbranched alkanes of at least 4 members (excludes halogenated alkanes) is 2. The number of hydrogen-bond donors (Lipinski definition) is 2. The zero-order valence-electron chi connectivity index (χ0n) is 10.4. The molecule has 0 radical (unpaired) electrons. The highest BCUT2D eigenvalue weighted by molar-refractivity contribution is 5.42. The number of nitrogens with one attached hydrogen (secondary N) is 1. The van der Waals surface area contributed by atoms with E-state index in [0.29, 0.717) is 11.7 Å². The van der Waals surface area contributed by atoms with E-state index >= 15 is 0 Å². The first-order valence-corrected chi connectivity index (χ1v) is 5.67. The van der Waals surface area contributed by atoms with Crippen LogP contribution in [0, 0.1) is 0 Å². The highest BCUT2D eigenvalue weighted by Gasteiger charge is 2.01. The van der Waals surface area contributed by atoms with Crippen LogP contribution in [0.15, 0.2) is 6.07 Å². The van der Waals surface area contributed by atoms with E-state index in [1.54, 1.807) is 20.3 Å². The average molecular weight is 240 g/mol. The molecule has 0 bridgehead atoms. The van der Waals surface area contributed by atoms with Gasteiger partial charge in [-0.05, 0) is 19.3 Å². The molecule has 0 spiro atoms. The molecule has 1 heterocycles. The molecule has 0 saturated heterocycles. The van der Waals surface area contributed by atoms with Gasteiger partial charge in [-0.3, -0.25) is 0 Å². The van der Waals surface area contributed by atoms with Crippen molar-refractivity contribution >= 4 is 11.8 Å². The summed E-state index contributed by atoms with van der Waals surface area (Å²) in [6.45, 7) is 1.66. The number of nitrogens with two attached hydrogens (primary N) is 1. The van der Waals surface area contributed by atoms with Crippen LogP contribution >= 0.6 is 0 Å². The van der Waals surface area contributed by atoms with Crippen LogP contribution in [0.4, 0.5) is 11.8 Å². The third-order valence-corrected chi connectivity index (χ3v) is 2.26. The summed E-state index contributed by atoms with van der Waals surface area (Å²) in [5, 5.41) is 3.19. The second-order valence-electron chi connectivity index (χ2n) is 3.63. The maximum absolute atomic E-state index is 5.55. The minimum atomic E-state index is 0.214. The fraction of sp³-hybridized carbons (Fsp3) is 0.636. The Hall–Kier alpha value is -1.56. The molecule has 0 aliphatic heterocycles. The molecular formula is C11H20N4O2. The molecule has 0 aromatic carbocycles. The molecule has 0 fully saturated rings. The van der Waals surface area contributed by atoms with Crippen LogP contribution in [0.5, 0.6) is 5.88 Å². The first-order valence-electron chi connectivity index (χ1n) is 5.67. The Morgan fingerprint density at radius 2 is 2.06 bits per heavy atom. The number of rotatable bonds is 8. The largest absolute Gasteiger partial charge is 0.481 e. The second kappa shape index (κ2) is 7.67. The van der Waals surface area contributed by atoms with E-state index < -0.39 is 0 Å². The van der Waals surface area contributed by atoms with Crippen LogP contribution < -0.4 is 15.8 Å². The van der Waals surface area contributed by atoms with Crippen LogP contribution in [0.25, 0.3) is 0 Å². The van der Waals surface area contributed by atoms with Gasteiger partial charge in [0.25, 0.3) is 0 Å². The molecule has 6 heteroatoms. The van der Waals surface area contributed by atoms with Crippen LogP contribution in [0.3, 0.4) is 0 Å². The lowest BCUT2D eigenvalue weighted by molar-refractivity contribution is 0.192. The minimum absolute atomic E-state index is 0.214. The Kier molecular flexibility index (Phi) is 6.09. The van der Waals surface area contributed by atoms with Crippen LogP contribution in [0.2, 0.25) is 0 Å². The number of nitrogen functional groups attached to an aromatic ring is 1. The van der Waals surface area contributed by atoms with Crippen LogP contribution in [0.1, 0.15) is 19.3 Å². The molecule has 0 amide bonds. The van der Waals surface area contributed by atoms with E-state index in [4.69, 9.17) is 15.2 Å². The number of aromatic nitrogens is 2. The molecule has 96 valence electrons. The zero-order chi connectivity index (χ0) is 12.5. The van der Waals surface area contributed by atoms with E-state index in [9.17, 15) is 0 Å². The molecule has 0 unspecified atom stereocenters. The summed E-state index contributed by atoms with van der Waals surface area (Å²) in [6, 6.07) is 1.73. The lowest BCUT2D eigenvalue weighted by atomic mass is 10.2. The lowest BCUT2D eigenvalue weighted by Crippen LogP contribution is -2.06. The fourth-order valence-corrected chi connectivity index (χ4v) is 1.40. The van der Waals surface area contributed by atoms with Gasteiger partial charge in [0.15, 0.2) is 0 Å². The quantitative estimate of drug-likeness (QED) is 0.666. The first-order chi connectivity index (χ1) is 8.26. The third kappa shape index (κ3) is 5.35. The van der Waals surface area contributed by atoms with Gasteiger partial charge in [-0.1, -0.05) is 0 Å². The summed E-state index contributed by atoms with van der Waals surface area (Å²) in [5.74, 6) is 1.38. The van der Waals surface area contributed by atoms with Crippen molar-refractivity contribution in [3.8, 4) is 5.88 Å². The van der Waals surface area contributed by atoms with E-state index in [-0.39, 0.29) is 5.95 Å². The summed E-state index contributed by atoms with van der Waals surface area (Å²) in [7, 11) is 3.27. The maximum Gasteiger partial charge on any atom is 0.225 e. The van der Waals surface area contributed by atoms with E-state index in [0.717, 1.165) is 32.4 Å². The molecule has 6 nitrogen and oxygen atoms in total. The number of ether oxygens (including phenoxy) is 2. The standard InChI is InChI=1S/C11H20N4O2/c1-16-7-5-3-4-6-13-9-8-10(17-2)15-11(12)14-9/h8H,3-7H2,1-2H3,(H3,12,13,14,15). The summed E-state index contributed by atoms with van der Waals surface area (Å²) in [4.78, 5) is 7.98. The molecule has 0 atom stereocenters. The predicted octanol–water partition coefficient (Wildman–Crippen LogP) is 1.30. The number of anilines is 2. The van der Waals surface area contributed by atoms with Crippen molar-refractivity contribution in [2.75, 3.05) is 38.4 Å². The van der Waals surface area contributed by atoms with Gasteiger partial charge in [-0.25, -0.2) is 0 Å². The molecule has 0 aliphatic rings. The minimum Gasteiger partial charge on any atom is -0.481 e. The van der Waals surface area contributed by atoms with Gasteiger partial charge in [0.2, 0.25) is 11.8 Å². The number of hydrogen-bond acceptors (Lipinski definition) is 6. The van der Waals surface area contributed by atoms with Crippen molar-refractivity contribution in [1.82, 2.24) is 9.97 Å². The molecule has 1 rings (SSSR count). The Morgan fingerprint density at radius 1 is 1.24 bits per heavy atom. The molecule has 0 aliphatic carbocycles. The highest BCUT2D eigenvalue weighted by atomic mass is 16.5. The Morgan fingerprint density at radius 3 is 2.76 bits per heavy atom. The van der Waals surface area contributed by atoms with E-state index in [1.807, 2.05) is 0 Å². The summed E-state index contributed by atoms with van der Waals surface area (Å²) >= 11 is 0. The van der Waals surface area contributed by atoms with Gasteiger partial charge in [0.1, 0.15) is 5.82 Å². The molecule has 0 saturated carbocycles. The number of nitrogens with zero attached hydrogens (tertiary/aromatic N) is 2. The van der Waals surface area contributed by atoms with Crippen molar-refractivity contribution in [2.45, 2.75) is 19.3 Å². The molecule has 17 heavy (non-hydrogen) atoms.